The predicted molar refractivity (Wildman–Crippen MR) is 116 cm³/mol. The van der Waals surface area contributed by atoms with E-state index >= 15 is 0 Å². The van der Waals surface area contributed by atoms with Crippen LogP contribution in [0.4, 0.5) is 5.69 Å². The van der Waals surface area contributed by atoms with Gasteiger partial charge in [0.1, 0.15) is 0 Å². The first-order valence-corrected chi connectivity index (χ1v) is 9.92. The van der Waals surface area contributed by atoms with Crippen LogP contribution in [0.15, 0.2) is 47.6 Å². The normalized spacial score (nSPS) is 13.5. The van der Waals surface area contributed by atoms with Crippen LogP contribution in [0, 0.1) is 0 Å². The number of carbonyl (C=O) groups is 3. The van der Waals surface area contributed by atoms with E-state index in [0.717, 1.165) is 16.8 Å². The Balaban J connectivity index is 1.67. The molecule has 1 aliphatic rings. The highest BCUT2D eigenvalue weighted by Crippen LogP contribution is 2.29. The Morgan fingerprint density at radius 2 is 1.74 bits per heavy atom. The number of rotatable bonds is 8. The van der Waals surface area contributed by atoms with E-state index in [1.165, 1.54) is 11.9 Å². The SMILES string of the molecule is COc1ccc(C2=NN(CCc3ccc(NC(=O)C(C)=O)cc3)C(=O)CC2)cc1OC. The van der Waals surface area contributed by atoms with E-state index in [2.05, 4.69) is 10.4 Å². The number of nitrogens with one attached hydrogen (secondary N) is 1. The minimum atomic E-state index is -0.649. The van der Waals surface area contributed by atoms with Crippen molar-refractivity contribution in [3.05, 3.63) is 53.6 Å². The molecule has 0 aliphatic carbocycles. The molecule has 0 atom stereocenters. The van der Waals surface area contributed by atoms with Crippen molar-refractivity contribution in [1.82, 2.24) is 5.01 Å². The molecule has 8 nitrogen and oxygen atoms in total. The highest BCUT2D eigenvalue weighted by Gasteiger charge is 2.22. The van der Waals surface area contributed by atoms with Crippen LogP contribution < -0.4 is 14.8 Å². The molecule has 3 rings (SSSR count). The highest BCUT2D eigenvalue weighted by atomic mass is 16.5. The topological polar surface area (TPSA) is 97.3 Å². The van der Waals surface area contributed by atoms with Gasteiger partial charge in [-0.3, -0.25) is 14.4 Å². The van der Waals surface area contributed by atoms with Gasteiger partial charge < -0.3 is 14.8 Å². The number of amides is 2. The summed E-state index contributed by atoms with van der Waals surface area (Å²) in [6.45, 7) is 1.66. The Kier molecular flexibility index (Phi) is 7.02. The van der Waals surface area contributed by atoms with E-state index in [4.69, 9.17) is 9.47 Å². The highest BCUT2D eigenvalue weighted by molar-refractivity contribution is 6.39. The zero-order valence-electron chi connectivity index (χ0n) is 17.8. The predicted octanol–water partition coefficient (Wildman–Crippen LogP) is 2.80. The van der Waals surface area contributed by atoms with Gasteiger partial charge in [-0.25, -0.2) is 5.01 Å². The van der Waals surface area contributed by atoms with Crippen LogP contribution in [0.5, 0.6) is 11.5 Å². The molecular weight excluding hydrogens is 398 g/mol. The van der Waals surface area contributed by atoms with Gasteiger partial charge in [-0.15, -0.1) is 0 Å². The van der Waals surface area contributed by atoms with Gasteiger partial charge in [0, 0.05) is 37.6 Å². The number of hydrogen-bond acceptors (Lipinski definition) is 6. The summed E-state index contributed by atoms with van der Waals surface area (Å²) in [5.74, 6) is 0.0377. The van der Waals surface area contributed by atoms with Crippen molar-refractivity contribution < 1.29 is 23.9 Å². The van der Waals surface area contributed by atoms with E-state index in [0.29, 0.717) is 43.0 Å². The Hall–Kier alpha value is -3.68. The second kappa shape index (κ2) is 9.88. The largest absolute Gasteiger partial charge is 0.493 e. The van der Waals surface area contributed by atoms with Gasteiger partial charge in [0.25, 0.3) is 5.91 Å². The Morgan fingerprint density at radius 3 is 2.39 bits per heavy atom. The summed E-state index contributed by atoms with van der Waals surface area (Å²) in [7, 11) is 3.16. The smallest absolute Gasteiger partial charge is 0.291 e. The molecule has 0 spiro atoms. The molecule has 31 heavy (non-hydrogen) atoms. The zero-order chi connectivity index (χ0) is 22.4. The average Bonchev–Trinajstić information content (AvgIpc) is 2.78. The molecule has 0 saturated carbocycles. The number of anilines is 1. The number of benzene rings is 2. The van der Waals surface area contributed by atoms with Crippen molar-refractivity contribution in [3.8, 4) is 11.5 Å². The van der Waals surface area contributed by atoms with Gasteiger partial charge in [-0.2, -0.15) is 5.10 Å². The number of hydrazone groups is 1. The maximum absolute atomic E-state index is 12.3. The fourth-order valence-corrected chi connectivity index (χ4v) is 3.21. The molecule has 0 saturated heterocycles. The number of ketones is 1. The monoisotopic (exact) mass is 423 g/mol. The van der Waals surface area contributed by atoms with Crippen molar-refractivity contribution >= 4 is 29.0 Å². The van der Waals surface area contributed by atoms with Gasteiger partial charge in [-0.1, -0.05) is 12.1 Å². The molecule has 1 N–H and O–H groups in total. The Morgan fingerprint density at radius 1 is 1.03 bits per heavy atom. The van der Waals surface area contributed by atoms with Crippen molar-refractivity contribution in [2.24, 2.45) is 5.10 Å². The standard InChI is InChI=1S/C23H25N3O5/c1-15(27)23(29)24-18-7-4-16(5-8-18)12-13-26-22(28)11-9-19(25-26)17-6-10-20(30-2)21(14-17)31-3/h4-8,10,14H,9,11-13H2,1-3H3,(H,24,29). The summed E-state index contributed by atoms with van der Waals surface area (Å²) in [6.07, 6.45) is 1.56. The van der Waals surface area contributed by atoms with E-state index < -0.39 is 11.7 Å². The van der Waals surface area contributed by atoms with E-state index in [1.807, 2.05) is 30.3 Å². The molecule has 2 aromatic carbocycles. The summed E-state index contributed by atoms with van der Waals surface area (Å²) in [4.78, 5) is 34.9. The summed E-state index contributed by atoms with van der Waals surface area (Å²) in [5.41, 5.74) is 3.25. The molecule has 0 aromatic heterocycles. The van der Waals surface area contributed by atoms with Gasteiger partial charge >= 0.3 is 0 Å². The van der Waals surface area contributed by atoms with Gasteiger partial charge in [0.15, 0.2) is 11.5 Å². The first-order valence-electron chi connectivity index (χ1n) is 9.92. The van der Waals surface area contributed by atoms with Gasteiger partial charge in [0.05, 0.1) is 19.9 Å². The quantitative estimate of drug-likeness (QED) is 0.659. The van der Waals surface area contributed by atoms with Crippen molar-refractivity contribution in [1.29, 1.82) is 0 Å². The van der Waals surface area contributed by atoms with Crippen LogP contribution in [0.1, 0.15) is 30.9 Å². The van der Waals surface area contributed by atoms with Crippen LogP contribution >= 0.6 is 0 Å². The van der Waals surface area contributed by atoms with E-state index in [-0.39, 0.29) is 5.91 Å². The Labute approximate surface area is 180 Å². The molecule has 0 unspecified atom stereocenters. The van der Waals surface area contributed by atoms with Crippen LogP contribution in [0.3, 0.4) is 0 Å². The van der Waals surface area contributed by atoms with Gasteiger partial charge in [-0.05, 0) is 42.3 Å². The lowest BCUT2D eigenvalue weighted by Gasteiger charge is -2.24. The summed E-state index contributed by atoms with van der Waals surface area (Å²) in [5, 5.41) is 8.59. The molecule has 0 fully saturated rings. The third-order valence-electron chi connectivity index (χ3n) is 4.97. The van der Waals surface area contributed by atoms with Crippen molar-refractivity contribution in [2.45, 2.75) is 26.2 Å². The number of Topliss-reactive ketones (excluding diaryl/α,β-unsaturated/α-hetero) is 1. The third-order valence-corrected chi connectivity index (χ3v) is 4.97. The molecule has 1 aliphatic heterocycles. The molecular formula is C23H25N3O5. The lowest BCUT2D eigenvalue weighted by Crippen LogP contribution is -2.33. The van der Waals surface area contributed by atoms with Crippen LogP contribution in [-0.2, 0) is 20.8 Å². The fraction of sp³-hybridized carbons (Fsp3) is 0.304. The van der Waals surface area contributed by atoms with Crippen molar-refractivity contribution in [2.75, 3.05) is 26.1 Å². The average molecular weight is 423 g/mol. The van der Waals surface area contributed by atoms with Crippen LogP contribution in [-0.4, -0.2) is 49.1 Å². The summed E-state index contributed by atoms with van der Waals surface area (Å²) >= 11 is 0. The molecule has 0 bridgehead atoms. The second-order valence-electron chi connectivity index (χ2n) is 7.09. The molecule has 2 amide bonds. The fourth-order valence-electron chi connectivity index (χ4n) is 3.21. The number of methoxy groups -OCH3 is 2. The minimum Gasteiger partial charge on any atom is -0.493 e. The van der Waals surface area contributed by atoms with E-state index in [1.54, 1.807) is 26.4 Å². The van der Waals surface area contributed by atoms with Crippen molar-refractivity contribution in [3.63, 3.8) is 0 Å². The second-order valence-corrected chi connectivity index (χ2v) is 7.09. The number of hydrogen-bond donors (Lipinski definition) is 1. The summed E-state index contributed by atoms with van der Waals surface area (Å²) < 4.78 is 10.6. The third kappa shape index (κ3) is 5.48. The lowest BCUT2D eigenvalue weighted by atomic mass is 10.0. The minimum absolute atomic E-state index is 0.0189. The number of carbonyl (C=O) groups excluding carboxylic acids is 3. The molecule has 162 valence electrons. The summed E-state index contributed by atoms with van der Waals surface area (Å²) in [6, 6.07) is 12.7. The first-order chi connectivity index (χ1) is 14.9. The first kappa shape index (κ1) is 22.0. The van der Waals surface area contributed by atoms with Crippen LogP contribution in [0.2, 0.25) is 0 Å². The maximum atomic E-state index is 12.3. The van der Waals surface area contributed by atoms with Gasteiger partial charge in [0.2, 0.25) is 11.7 Å². The zero-order valence-corrected chi connectivity index (χ0v) is 17.8. The number of ether oxygens (including phenoxy) is 2. The maximum Gasteiger partial charge on any atom is 0.291 e. The molecule has 1 heterocycles. The van der Waals surface area contributed by atoms with Crippen LogP contribution in [0.25, 0.3) is 0 Å². The molecule has 2 aromatic rings. The Bertz CT molecular complexity index is 1010. The lowest BCUT2D eigenvalue weighted by molar-refractivity contribution is -0.133. The molecule has 0 radical (unpaired) electrons. The molecule has 8 heteroatoms. The van der Waals surface area contributed by atoms with E-state index in [9.17, 15) is 14.4 Å². The number of nitrogens with zero attached hydrogens (tertiary/aromatic N) is 2.